The van der Waals surface area contributed by atoms with Gasteiger partial charge in [0.25, 0.3) is 0 Å². The molecule has 1 aliphatic rings. The lowest BCUT2D eigenvalue weighted by Gasteiger charge is -2.32. The maximum atomic E-state index is 12.1. The van der Waals surface area contributed by atoms with Gasteiger partial charge in [-0.25, -0.2) is 0 Å². The first kappa shape index (κ1) is 20.8. The first-order chi connectivity index (χ1) is 12.1. The molecule has 1 fully saturated rings. The average Bonchev–Trinajstić information content (AvgIpc) is 3.07. The number of aliphatic carboxylic acids is 1. The van der Waals surface area contributed by atoms with Crippen molar-refractivity contribution in [3.05, 3.63) is 27.4 Å². The molecule has 6 nitrogen and oxygen atoms in total. The van der Waals surface area contributed by atoms with E-state index in [9.17, 15) is 9.59 Å². The van der Waals surface area contributed by atoms with E-state index in [4.69, 9.17) is 14.4 Å². The lowest BCUT2D eigenvalue weighted by atomic mass is 9.77. The first-order valence-corrected chi connectivity index (χ1v) is 9.43. The van der Waals surface area contributed by atoms with Crippen molar-refractivity contribution < 1.29 is 24.0 Å². The van der Waals surface area contributed by atoms with Gasteiger partial charge in [-0.3, -0.25) is 9.59 Å². The Morgan fingerprint density at radius 1 is 1.19 bits per heavy atom. The van der Waals surface area contributed by atoms with Crippen molar-refractivity contribution in [2.75, 3.05) is 13.6 Å². The summed E-state index contributed by atoms with van der Waals surface area (Å²) in [5.74, 6) is -1.12. The molecule has 0 bridgehead atoms. The minimum Gasteiger partial charge on any atom is -0.481 e. The molecule has 0 amide bonds. The van der Waals surface area contributed by atoms with Crippen LogP contribution in [0.5, 0.6) is 0 Å². The lowest BCUT2D eigenvalue weighted by Crippen LogP contribution is -2.41. The van der Waals surface area contributed by atoms with Gasteiger partial charge in [-0.2, -0.15) is 0 Å². The lowest BCUT2D eigenvalue weighted by molar-refractivity contribution is -0.136. The van der Waals surface area contributed by atoms with E-state index in [-0.39, 0.29) is 18.6 Å². The second-order valence-electron chi connectivity index (χ2n) is 7.36. The van der Waals surface area contributed by atoms with E-state index in [0.717, 1.165) is 10.3 Å². The molecule has 1 saturated heterocycles. The van der Waals surface area contributed by atoms with Crippen LogP contribution in [0.4, 0.5) is 0 Å². The summed E-state index contributed by atoms with van der Waals surface area (Å²) in [6, 6.07) is 3.60. The Balaban J connectivity index is 2.17. The molecule has 1 aliphatic heterocycles. The summed E-state index contributed by atoms with van der Waals surface area (Å²) in [5.41, 5.74) is 0.105. The molecule has 0 unspecified atom stereocenters. The van der Waals surface area contributed by atoms with Gasteiger partial charge in [0.1, 0.15) is 0 Å². The minimum atomic E-state index is -0.966. The van der Waals surface area contributed by atoms with Crippen LogP contribution in [0.25, 0.3) is 6.08 Å². The SMILES string of the molecule is CNCC(=Cc1ccc(C(=O)CCC(=O)O)s1)B1OC(C)(C)C(C)(C)O1. The second kappa shape index (κ2) is 8.04. The third kappa shape index (κ3) is 4.82. The molecule has 2 N–H and O–H groups in total. The fourth-order valence-electron chi connectivity index (χ4n) is 2.51. The van der Waals surface area contributed by atoms with Gasteiger partial charge in [0.05, 0.1) is 22.5 Å². The van der Waals surface area contributed by atoms with Gasteiger partial charge in [-0.1, -0.05) is 0 Å². The molecule has 0 radical (unpaired) electrons. The standard InChI is InChI=1S/C18H26BNO5S/c1-17(2)18(3,4)25-19(24-17)12(11-20-5)10-13-6-8-15(26-13)14(21)7-9-16(22)23/h6,8,10,20H,7,9,11H2,1-5H3,(H,22,23). The quantitative estimate of drug-likeness (QED) is 0.534. The highest BCUT2D eigenvalue weighted by molar-refractivity contribution is 7.15. The summed E-state index contributed by atoms with van der Waals surface area (Å²) in [6.45, 7) is 8.63. The molecule has 26 heavy (non-hydrogen) atoms. The Kier molecular flexibility index (Phi) is 6.44. The zero-order valence-electron chi connectivity index (χ0n) is 15.9. The van der Waals surface area contributed by atoms with Crippen LogP contribution in [0.3, 0.4) is 0 Å². The van der Waals surface area contributed by atoms with Crippen LogP contribution in [-0.4, -0.2) is 48.8 Å². The van der Waals surface area contributed by atoms with Crippen molar-refractivity contribution >= 4 is 36.3 Å². The van der Waals surface area contributed by atoms with E-state index in [1.54, 1.807) is 6.07 Å². The molecular formula is C18H26BNO5S. The van der Waals surface area contributed by atoms with Gasteiger partial charge in [-0.05, 0) is 58.4 Å². The number of carboxylic acid groups (broad SMARTS) is 1. The molecule has 0 aliphatic carbocycles. The number of ketones is 1. The van der Waals surface area contributed by atoms with Crippen molar-refractivity contribution in [1.29, 1.82) is 0 Å². The number of likely N-dealkylation sites (N-methyl/N-ethyl adjacent to an activating group) is 1. The summed E-state index contributed by atoms with van der Waals surface area (Å²) in [5, 5.41) is 11.8. The number of hydrogen-bond acceptors (Lipinski definition) is 6. The topological polar surface area (TPSA) is 84.9 Å². The highest BCUT2D eigenvalue weighted by Crippen LogP contribution is 2.39. The number of thiophene rings is 1. The Labute approximate surface area is 158 Å². The fourth-order valence-corrected chi connectivity index (χ4v) is 3.46. The maximum absolute atomic E-state index is 12.1. The monoisotopic (exact) mass is 379 g/mol. The second-order valence-corrected chi connectivity index (χ2v) is 8.47. The van der Waals surface area contributed by atoms with E-state index < -0.39 is 24.3 Å². The fraction of sp³-hybridized carbons (Fsp3) is 0.556. The number of rotatable bonds is 8. The van der Waals surface area contributed by atoms with E-state index in [0.29, 0.717) is 11.4 Å². The first-order valence-electron chi connectivity index (χ1n) is 8.61. The Bertz CT molecular complexity index is 694. The highest BCUT2D eigenvalue weighted by atomic mass is 32.1. The molecule has 0 atom stereocenters. The zero-order chi connectivity index (χ0) is 19.5. The predicted octanol–water partition coefficient (Wildman–Crippen LogP) is 3.03. The summed E-state index contributed by atoms with van der Waals surface area (Å²) in [6.07, 6.45) is 1.83. The van der Waals surface area contributed by atoms with Crippen LogP contribution >= 0.6 is 11.3 Å². The minimum absolute atomic E-state index is 0.0135. The normalized spacial score (nSPS) is 19.0. The van der Waals surface area contributed by atoms with Crippen molar-refractivity contribution in [2.24, 2.45) is 0 Å². The third-order valence-corrected chi connectivity index (χ3v) is 5.81. The summed E-state index contributed by atoms with van der Waals surface area (Å²) >= 11 is 1.35. The largest absolute Gasteiger partial charge is 0.491 e. The molecule has 142 valence electrons. The maximum Gasteiger partial charge on any atom is 0.491 e. The summed E-state index contributed by atoms with van der Waals surface area (Å²) in [4.78, 5) is 24.2. The van der Waals surface area contributed by atoms with Crippen molar-refractivity contribution in [3.63, 3.8) is 0 Å². The molecule has 0 saturated carbocycles. The zero-order valence-corrected chi connectivity index (χ0v) is 16.7. The van der Waals surface area contributed by atoms with Crippen LogP contribution in [0.2, 0.25) is 0 Å². The Morgan fingerprint density at radius 2 is 1.81 bits per heavy atom. The van der Waals surface area contributed by atoms with Crippen molar-refractivity contribution in [1.82, 2.24) is 5.32 Å². The van der Waals surface area contributed by atoms with E-state index in [1.165, 1.54) is 11.3 Å². The predicted molar refractivity (Wildman–Crippen MR) is 104 cm³/mol. The van der Waals surface area contributed by atoms with Gasteiger partial charge >= 0.3 is 13.1 Å². The van der Waals surface area contributed by atoms with Gasteiger partial charge in [0.2, 0.25) is 0 Å². The van der Waals surface area contributed by atoms with Gasteiger partial charge in [0.15, 0.2) is 5.78 Å². The molecule has 2 heterocycles. The van der Waals surface area contributed by atoms with E-state index in [1.807, 2.05) is 46.9 Å². The van der Waals surface area contributed by atoms with Crippen LogP contribution in [0, 0.1) is 0 Å². The number of carbonyl (C=O) groups excluding carboxylic acids is 1. The molecule has 1 aromatic rings. The Morgan fingerprint density at radius 3 is 2.35 bits per heavy atom. The average molecular weight is 379 g/mol. The van der Waals surface area contributed by atoms with Gasteiger partial charge < -0.3 is 19.7 Å². The van der Waals surface area contributed by atoms with Gasteiger partial charge in [-0.15, -0.1) is 11.3 Å². The van der Waals surface area contributed by atoms with Crippen molar-refractivity contribution in [2.45, 2.75) is 51.7 Å². The van der Waals surface area contributed by atoms with Crippen molar-refractivity contribution in [3.8, 4) is 0 Å². The van der Waals surface area contributed by atoms with E-state index >= 15 is 0 Å². The summed E-state index contributed by atoms with van der Waals surface area (Å²) in [7, 11) is 1.40. The molecule has 0 aromatic carbocycles. The third-order valence-electron chi connectivity index (χ3n) is 4.73. The van der Waals surface area contributed by atoms with Crippen LogP contribution in [0.15, 0.2) is 17.6 Å². The number of nitrogens with one attached hydrogen (secondary N) is 1. The molecule has 1 aromatic heterocycles. The number of hydrogen-bond donors (Lipinski definition) is 2. The Hall–Kier alpha value is -1.48. The van der Waals surface area contributed by atoms with Gasteiger partial charge in [0, 0.05) is 17.8 Å². The van der Waals surface area contributed by atoms with Crippen LogP contribution in [0.1, 0.15) is 55.1 Å². The smallest absolute Gasteiger partial charge is 0.481 e. The van der Waals surface area contributed by atoms with Crippen LogP contribution in [-0.2, 0) is 14.1 Å². The molecular weight excluding hydrogens is 353 g/mol. The number of carboxylic acids is 1. The molecule has 0 spiro atoms. The molecule has 2 rings (SSSR count). The van der Waals surface area contributed by atoms with E-state index in [2.05, 4.69) is 5.32 Å². The molecule has 8 heteroatoms. The number of carbonyl (C=O) groups is 2. The summed E-state index contributed by atoms with van der Waals surface area (Å²) < 4.78 is 12.2. The van der Waals surface area contributed by atoms with Crippen LogP contribution < -0.4 is 5.32 Å². The number of Topliss-reactive ketones (excluding diaryl/α,β-unsaturated/α-hetero) is 1. The highest BCUT2D eigenvalue weighted by Gasteiger charge is 2.52.